The minimum atomic E-state index is 0.575. The van der Waals surface area contributed by atoms with Crippen molar-refractivity contribution in [1.29, 1.82) is 0 Å². The molecule has 1 N–H and O–H groups in total. The van der Waals surface area contributed by atoms with Gasteiger partial charge in [0.25, 0.3) is 0 Å². The fraction of sp³-hybridized carbons (Fsp3) is 0.429. The normalized spacial score (nSPS) is 18.1. The molecule has 0 atom stereocenters. The number of benzene rings is 2. The molecule has 1 saturated carbocycles. The molecular formula is C28H37N. The second kappa shape index (κ2) is 13.0. The third-order valence-corrected chi connectivity index (χ3v) is 5.90. The molecule has 0 aliphatic heterocycles. The van der Waals surface area contributed by atoms with E-state index >= 15 is 0 Å². The zero-order valence-electron chi connectivity index (χ0n) is 17.9. The van der Waals surface area contributed by atoms with E-state index in [4.69, 9.17) is 0 Å². The van der Waals surface area contributed by atoms with E-state index < -0.39 is 0 Å². The van der Waals surface area contributed by atoms with Crippen LogP contribution in [0.5, 0.6) is 0 Å². The molecule has 1 aliphatic rings. The number of rotatable bonds is 5. The summed E-state index contributed by atoms with van der Waals surface area (Å²) in [5.41, 5.74) is 3.76. The van der Waals surface area contributed by atoms with Gasteiger partial charge in [-0.05, 0) is 30.0 Å². The Morgan fingerprint density at radius 1 is 0.655 bits per heavy atom. The quantitative estimate of drug-likeness (QED) is 0.512. The van der Waals surface area contributed by atoms with Gasteiger partial charge < -0.3 is 5.32 Å². The van der Waals surface area contributed by atoms with Crippen LogP contribution in [0.25, 0.3) is 11.8 Å². The van der Waals surface area contributed by atoms with Gasteiger partial charge in [0.05, 0.1) is 0 Å². The van der Waals surface area contributed by atoms with E-state index in [1.54, 1.807) is 0 Å². The highest BCUT2D eigenvalue weighted by Crippen LogP contribution is 2.20. The van der Waals surface area contributed by atoms with E-state index in [2.05, 4.69) is 84.2 Å². The van der Waals surface area contributed by atoms with Crippen LogP contribution in [-0.4, -0.2) is 6.04 Å². The Kier molecular flexibility index (Phi) is 9.63. The Labute approximate surface area is 177 Å². The first kappa shape index (κ1) is 21.4. The lowest BCUT2D eigenvalue weighted by Gasteiger charge is -2.23. The van der Waals surface area contributed by atoms with Gasteiger partial charge in [-0.1, -0.05) is 131 Å². The maximum atomic E-state index is 3.92. The Balaban J connectivity index is 1.70. The summed E-state index contributed by atoms with van der Waals surface area (Å²) in [6.07, 6.45) is 21.8. The van der Waals surface area contributed by atoms with Crippen LogP contribution in [0.15, 0.2) is 72.8 Å². The zero-order valence-corrected chi connectivity index (χ0v) is 17.9. The lowest BCUT2D eigenvalue weighted by Crippen LogP contribution is -2.28. The summed E-state index contributed by atoms with van der Waals surface area (Å²) in [6.45, 7) is 0. The molecule has 1 nitrogen and oxygen atoms in total. The zero-order chi connectivity index (χ0) is 20.0. The summed E-state index contributed by atoms with van der Waals surface area (Å²) in [7, 11) is 0. The number of allylic oxidation sites excluding steroid dienone is 2. The summed E-state index contributed by atoms with van der Waals surface area (Å²) in [6, 6.07) is 21.9. The molecule has 154 valence electrons. The van der Waals surface area contributed by atoms with Crippen molar-refractivity contribution in [1.82, 2.24) is 5.32 Å². The van der Waals surface area contributed by atoms with Crippen LogP contribution in [0.4, 0.5) is 0 Å². The van der Waals surface area contributed by atoms with Gasteiger partial charge in [0.15, 0.2) is 0 Å². The molecule has 2 aromatic carbocycles. The predicted molar refractivity (Wildman–Crippen MR) is 128 cm³/mol. The Hall–Kier alpha value is -2.28. The minimum Gasteiger partial charge on any atom is -0.382 e. The molecule has 0 unspecified atom stereocenters. The smallest absolute Gasteiger partial charge is 0.0415 e. The van der Waals surface area contributed by atoms with Crippen molar-refractivity contribution in [3.05, 3.63) is 83.9 Å². The largest absolute Gasteiger partial charge is 0.382 e. The third kappa shape index (κ3) is 8.31. The molecule has 0 aromatic heterocycles. The lowest BCUT2D eigenvalue weighted by atomic mass is 9.97. The monoisotopic (exact) mass is 387 g/mol. The van der Waals surface area contributed by atoms with Crippen LogP contribution in [0.1, 0.15) is 81.8 Å². The maximum absolute atomic E-state index is 3.92. The summed E-state index contributed by atoms with van der Waals surface area (Å²) < 4.78 is 0. The highest BCUT2D eigenvalue weighted by atomic mass is 14.9. The van der Waals surface area contributed by atoms with Gasteiger partial charge >= 0.3 is 0 Å². The lowest BCUT2D eigenvalue weighted by molar-refractivity contribution is 0.439. The van der Waals surface area contributed by atoms with Gasteiger partial charge in [0, 0.05) is 11.7 Å². The van der Waals surface area contributed by atoms with Crippen molar-refractivity contribution in [3.63, 3.8) is 0 Å². The Bertz CT molecular complexity index is 717. The molecule has 0 spiro atoms. The summed E-state index contributed by atoms with van der Waals surface area (Å²) in [5.74, 6) is 0. The summed E-state index contributed by atoms with van der Waals surface area (Å²) in [4.78, 5) is 0. The number of hydrogen-bond donors (Lipinski definition) is 1. The predicted octanol–water partition coefficient (Wildman–Crippen LogP) is 8.00. The van der Waals surface area contributed by atoms with Crippen molar-refractivity contribution < 1.29 is 0 Å². The molecular weight excluding hydrogens is 350 g/mol. The van der Waals surface area contributed by atoms with E-state index in [9.17, 15) is 0 Å². The minimum absolute atomic E-state index is 0.575. The van der Waals surface area contributed by atoms with Crippen LogP contribution in [0.2, 0.25) is 0 Å². The first-order valence-electron chi connectivity index (χ1n) is 11.7. The molecule has 1 heteroatoms. The van der Waals surface area contributed by atoms with Gasteiger partial charge in [0.2, 0.25) is 0 Å². The molecule has 0 amide bonds. The van der Waals surface area contributed by atoms with Crippen LogP contribution in [-0.2, 0) is 0 Å². The van der Waals surface area contributed by atoms with Crippen LogP contribution in [0.3, 0.4) is 0 Å². The molecule has 0 saturated heterocycles. The standard InChI is InChI=1S/C28H37N/c1-2-4-6-14-22-27(23-15-7-5-3-1)29-28(26-20-12-9-13-21-26)24-16-19-25-17-10-8-11-18-25/h8-13,16-21,24,27,29H,1-7,14-15,22-23H2. The first-order chi connectivity index (χ1) is 14.4. The van der Waals surface area contributed by atoms with Gasteiger partial charge in [0.1, 0.15) is 0 Å². The van der Waals surface area contributed by atoms with Gasteiger partial charge in [-0.25, -0.2) is 0 Å². The molecule has 0 heterocycles. The van der Waals surface area contributed by atoms with Crippen molar-refractivity contribution in [3.8, 4) is 0 Å². The topological polar surface area (TPSA) is 12.0 Å². The van der Waals surface area contributed by atoms with E-state index in [-0.39, 0.29) is 0 Å². The molecule has 29 heavy (non-hydrogen) atoms. The highest BCUT2D eigenvalue weighted by Gasteiger charge is 2.11. The average Bonchev–Trinajstić information content (AvgIpc) is 2.76. The molecule has 1 aliphatic carbocycles. The Morgan fingerprint density at radius 2 is 1.17 bits per heavy atom. The second-order valence-electron chi connectivity index (χ2n) is 8.32. The van der Waals surface area contributed by atoms with E-state index in [1.165, 1.54) is 87.5 Å². The summed E-state index contributed by atoms with van der Waals surface area (Å²) in [5, 5.41) is 3.92. The molecule has 0 radical (unpaired) electrons. The van der Waals surface area contributed by atoms with E-state index in [0.717, 1.165) is 0 Å². The highest BCUT2D eigenvalue weighted by molar-refractivity contribution is 5.67. The summed E-state index contributed by atoms with van der Waals surface area (Å²) >= 11 is 0. The van der Waals surface area contributed by atoms with Crippen molar-refractivity contribution in [2.45, 2.75) is 76.7 Å². The third-order valence-electron chi connectivity index (χ3n) is 5.90. The fourth-order valence-corrected chi connectivity index (χ4v) is 4.19. The van der Waals surface area contributed by atoms with Gasteiger partial charge in [-0.15, -0.1) is 0 Å². The molecule has 2 aromatic rings. The van der Waals surface area contributed by atoms with Crippen LogP contribution >= 0.6 is 0 Å². The van der Waals surface area contributed by atoms with Gasteiger partial charge in [-0.2, -0.15) is 0 Å². The average molecular weight is 388 g/mol. The van der Waals surface area contributed by atoms with E-state index in [1.807, 2.05) is 0 Å². The Morgan fingerprint density at radius 3 is 1.76 bits per heavy atom. The number of hydrogen-bond acceptors (Lipinski definition) is 1. The molecule has 0 bridgehead atoms. The SMILES string of the molecule is C(=Cc1ccccc1)C=C(NC1CCCCCCCCCCC1)c1ccccc1. The van der Waals surface area contributed by atoms with Gasteiger partial charge in [-0.3, -0.25) is 0 Å². The van der Waals surface area contributed by atoms with Crippen molar-refractivity contribution in [2.24, 2.45) is 0 Å². The van der Waals surface area contributed by atoms with Crippen molar-refractivity contribution >= 4 is 11.8 Å². The first-order valence-corrected chi connectivity index (χ1v) is 11.7. The van der Waals surface area contributed by atoms with E-state index in [0.29, 0.717) is 6.04 Å². The fourth-order valence-electron chi connectivity index (χ4n) is 4.19. The molecule has 1 fully saturated rings. The maximum Gasteiger partial charge on any atom is 0.0415 e. The second-order valence-corrected chi connectivity index (χ2v) is 8.32. The number of nitrogens with one attached hydrogen (secondary N) is 1. The van der Waals surface area contributed by atoms with Crippen molar-refractivity contribution in [2.75, 3.05) is 0 Å². The van der Waals surface area contributed by atoms with Crippen LogP contribution in [0, 0.1) is 0 Å². The molecule has 3 rings (SSSR count). The van der Waals surface area contributed by atoms with Crippen LogP contribution < -0.4 is 5.32 Å².